The van der Waals surface area contributed by atoms with Gasteiger partial charge in [-0.2, -0.15) is 18.3 Å². The number of amides is 1. The summed E-state index contributed by atoms with van der Waals surface area (Å²) in [5, 5.41) is 13.6. The Kier molecular flexibility index (Phi) is 8.55. The SMILES string of the molecule is CN1CCC(c2ccc(C(=O)Nc3[nH]nc4ncc(Sc5ccccc5C(F)(F)F)nc34)c(NC3CCOCC3)c2)CC1. The number of likely N-dealkylation sites (tertiary alicyclic amines) is 1. The predicted molar refractivity (Wildman–Crippen MR) is 159 cm³/mol. The molecular formula is C30H32F3N7O2S. The Morgan fingerprint density at radius 2 is 1.86 bits per heavy atom. The molecule has 0 atom stereocenters. The van der Waals surface area contributed by atoms with E-state index in [0.29, 0.717) is 24.7 Å². The van der Waals surface area contributed by atoms with Crippen LogP contribution in [0.1, 0.15) is 53.1 Å². The van der Waals surface area contributed by atoms with Crippen LogP contribution in [0.3, 0.4) is 0 Å². The highest BCUT2D eigenvalue weighted by Gasteiger charge is 2.33. The van der Waals surface area contributed by atoms with Gasteiger partial charge >= 0.3 is 6.18 Å². The van der Waals surface area contributed by atoms with E-state index in [2.05, 4.69) is 48.8 Å². The van der Waals surface area contributed by atoms with Crippen molar-refractivity contribution in [1.29, 1.82) is 0 Å². The Morgan fingerprint density at radius 3 is 2.63 bits per heavy atom. The fraction of sp³-hybridized carbons (Fsp3) is 0.400. The number of H-pyrrole nitrogens is 1. The summed E-state index contributed by atoms with van der Waals surface area (Å²) < 4.78 is 46.1. The number of halogens is 3. The molecule has 2 aromatic carbocycles. The normalized spacial score (nSPS) is 17.3. The van der Waals surface area contributed by atoms with Gasteiger partial charge in [-0.15, -0.1) is 0 Å². The van der Waals surface area contributed by atoms with Crippen molar-refractivity contribution >= 4 is 40.3 Å². The van der Waals surface area contributed by atoms with Crippen LogP contribution in [0.25, 0.3) is 11.2 Å². The third kappa shape index (κ3) is 6.78. The van der Waals surface area contributed by atoms with Crippen LogP contribution < -0.4 is 10.6 Å². The number of aromatic nitrogens is 4. The number of hydrogen-bond donors (Lipinski definition) is 3. The zero-order valence-electron chi connectivity index (χ0n) is 23.6. The van der Waals surface area contributed by atoms with E-state index in [1.165, 1.54) is 30.0 Å². The summed E-state index contributed by atoms with van der Waals surface area (Å²) in [4.78, 5) is 24.7. The highest BCUT2D eigenvalue weighted by molar-refractivity contribution is 7.99. The maximum atomic E-state index is 13.7. The summed E-state index contributed by atoms with van der Waals surface area (Å²) in [6.45, 7) is 3.40. The summed E-state index contributed by atoms with van der Waals surface area (Å²) in [7, 11) is 2.13. The molecule has 3 N–H and O–H groups in total. The first kappa shape index (κ1) is 29.4. The van der Waals surface area contributed by atoms with E-state index in [4.69, 9.17) is 4.74 Å². The van der Waals surface area contributed by atoms with Crippen molar-refractivity contribution in [1.82, 2.24) is 25.1 Å². The van der Waals surface area contributed by atoms with E-state index >= 15 is 0 Å². The number of anilines is 2. The Balaban J connectivity index is 1.26. The number of nitrogens with one attached hydrogen (secondary N) is 3. The number of ether oxygens (including phenoxy) is 1. The molecule has 6 rings (SSSR count). The zero-order valence-corrected chi connectivity index (χ0v) is 24.4. The van der Waals surface area contributed by atoms with Crippen molar-refractivity contribution in [3.63, 3.8) is 0 Å². The lowest BCUT2D eigenvalue weighted by molar-refractivity contribution is -0.139. The van der Waals surface area contributed by atoms with Gasteiger partial charge in [-0.1, -0.05) is 30.0 Å². The van der Waals surface area contributed by atoms with Crippen molar-refractivity contribution < 1.29 is 22.7 Å². The number of rotatable bonds is 7. The summed E-state index contributed by atoms with van der Waals surface area (Å²) in [5.74, 6) is 0.279. The third-order valence-corrected chi connectivity index (χ3v) is 8.93. The lowest BCUT2D eigenvalue weighted by Crippen LogP contribution is -2.30. The van der Waals surface area contributed by atoms with Crippen molar-refractivity contribution in [2.75, 3.05) is 44.0 Å². The summed E-state index contributed by atoms with van der Waals surface area (Å²) in [5.41, 5.74) is 2.18. The lowest BCUT2D eigenvalue weighted by atomic mass is 9.88. The second-order valence-electron chi connectivity index (χ2n) is 10.9. The van der Waals surface area contributed by atoms with Gasteiger partial charge in [0, 0.05) is 29.8 Å². The van der Waals surface area contributed by atoms with Crippen molar-refractivity contribution in [2.24, 2.45) is 0 Å². The van der Waals surface area contributed by atoms with Crippen molar-refractivity contribution in [3.05, 3.63) is 65.4 Å². The first-order valence-corrected chi connectivity index (χ1v) is 15.1. The average molecular weight is 612 g/mol. The number of piperidine rings is 1. The van der Waals surface area contributed by atoms with E-state index in [1.54, 1.807) is 0 Å². The molecule has 13 heteroatoms. The molecule has 0 bridgehead atoms. The van der Waals surface area contributed by atoms with Gasteiger partial charge in [0.1, 0.15) is 5.03 Å². The molecule has 226 valence electrons. The van der Waals surface area contributed by atoms with Crippen LogP contribution in [0, 0.1) is 0 Å². The number of fused-ring (bicyclic) bond motifs is 1. The van der Waals surface area contributed by atoms with Gasteiger partial charge in [0.2, 0.25) is 5.65 Å². The Labute approximate surface area is 251 Å². The first-order chi connectivity index (χ1) is 20.7. The minimum absolute atomic E-state index is 0.00580. The van der Waals surface area contributed by atoms with Gasteiger partial charge in [-0.3, -0.25) is 9.89 Å². The van der Waals surface area contributed by atoms with Gasteiger partial charge in [0.15, 0.2) is 11.3 Å². The standard InChI is InChI=1S/C30H32F3N7O2S/c1-40-12-8-18(9-13-40)19-6-7-21(23(16-19)35-20-10-14-42-15-11-20)29(41)37-28-26-27(38-39-28)34-17-25(36-26)43-24-5-3-2-4-22(24)30(31,32)33/h2-7,16-18,20,35H,8-15H2,1H3,(H2,34,37,38,39,41). The van der Waals surface area contributed by atoms with Crippen LogP contribution in [0.5, 0.6) is 0 Å². The van der Waals surface area contributed by atoms with Crippen LogP contribution in [-0.4, -0.2) is 70.4 Å². The van der Waals surface area contributed by atoms with Gasteiger partial charge in [0.25, 0.3) is 5.91 Å². The Bertz CT molecular complexity index is 1600. The minimum atomic E-state index is -4.50. The third-order valence-electron chi connectivity index (χ3n) is 7.95. The maximum absolute atomic E-state index is 13.7. The molecule has 0 spiro atoms. The molecule has 2 aliphatic heterocycles. The number of nitrogens with zero attached hydrogens (tertiary/aromatic N) is 4. The van der Waals surface area contributed by atoms with Crippen LogP contribution in [0.4, 0.5) is 24.7 Å². The van der Waals surface area contributed by atoms with E-state index in [-0.39, 0.29) is 38.9 Å². The molecule has 0 unspecified atom stereocenters. The van der Waals surface area contributed by atoms with Crippen LogP contribution in [-0.2, 0) is 10.9 Å². The topological polar surface area (TPSA) is 108 Å². The molecule has 9 nitrogen and oxygen atoms in total. The number of hydrogen-bond acceptors (Lipinski definition) is 8. The number of carbonyl (C=O) groups is 1. The number of aromatic amines is 1. The maximum Gasteiger partial charge on any atom is 0.417 e. The second kappa shape index (κ2) is 12.5. The van der Waals surface area contributed by atoms with Gasteiger partial charge in [-0.05, 0) is 81.6 Å². The van der Waals surface area contributed by atoms with E-state index in [0.717, 1.165) is 62.3 Å². The second-order valence-corrected chi connectivity index (χ2v) is 12.0. The molecule has 2 saturated heterocycles. The zero-order chi connectivity index (χ0) is 30.0. The van der Waals surface area contributed by atoms with Gasteiger partial charge in [-0.25, -0.2) is 9.97 Å². The summed E-state index contributed by atoms with van der Waals surface area (Å²) in [6, 6.07) is 11.5. The minimum Gasteiger partial charge on any atom is -0.381 e. The molecular weight excluding hydrogens is 579 g/mol. The van der Waals surface area contributed by atoms with Gasteiger partial charge < -0.3 is 20.3 Å². The highest BCUT2D eigenvalue weighted by Crippen LogP contribution is 2.39. The summed E-state index contributed by atoms with van der Waals surface area (Å²) in [6.07, 6.45) is 0.673. The average Bonchev–Trinajstić information content (AvgIpc) is 3.39. The van der Waals surface area contributed by atoms with E-state index < -0.39 is 11.7 Å². The smallest absolute Gasteiger partial charge is 0.381 e. The van der Waals surface area contributed by atoms with E-state index in [9.17, 15) is 18.0 Å². The monoisotopic (exact) mass is 611 g/mol. The first-order valence-electron chi connectivity index (χ1n) is 14.3. The molecule has 1 amide bonds. The number of carbonyl (C=O) groups excluding carboxylic acids is 1. The van der Waals surface area contributed by atoms with Gasteiger partial charge in [0.05, 0.1) is 17.3 Å². The summed E-state index contributed by atoms with van der Waals surface area (Å²) >= 11 is 0.849. The molecule has 4 aromatic rings. The number of alkyl halides is 3. The van der Waals surface area contributed by atoms with Crippen molar-refractivity contribution in [2.45, 2.75) is 53.7 Å². The van der Waals surface area contributed by atoms with Crippen LogP contribution >= 0.6 is 11.8 Å². The largest absolute Gasteiger partial charge is 0.417 e. The lowest BCUT2D eigenvalue weighted by Gasteiger charge is -2.30. The van der Waals surface area contributed by atoms with Crippen LogP contribution in [0.15, 0.2) is 58.6 Å². The highest BCUT2D eigenvalue weighted by atomic mass is 32.2. The molecule has 2 aromatic heterocycles. The van der Waals surface area contributed by atoms with Crippen LogP contribution in [0.2, 0.25) is 0 Å². The molecule has 43 heavy (non-hydrogen) atoms. The number of benzene rings is 2. The molecule has 0 radical (unpaired) electrons. The predicted octanol–water partition coefficient (Wildman–Crippen LogP) is 6.18. The van der Waals surface area contributed by atoms with E-state index in [1.807, 2.05) is 12.1 Å². The van der Waals surface area contributed by atoms with Crippen molar-refractivity contribution in [3.8, 4) is 0 Å². The molecule has 4 heterocycles. The molecule has 2 aliphatic rings. The Hall–Kier alpha value is -3.68. The molecule has 0 aliphatic carbocycles. The Morgan fingerprint density at radius 1 is 1.09 bits per heavy atom. The molecule has 0 saturated carbocycles. The fourth-order valence-corrected chi connectivity index (χ4v) is 6.44. The molecule has 2 fully saturated rings. The quantitative estimate of drug-likeness (QED) is 0.228. The fourth-order valence-electron chi connectivity index (χ4n) is 5.53.